The maximum absolute atomic E-state index is 11.0. The van der Waals surface area contributed by atoms with Crippen LogP contribution in [0.4, 0.5) is 11.4 Å². The summed E-state index contributed by atoms with van der Waals surface area (Å²) in [4.78, 5) is 18.1. The van der Waals surface area contributed by atoms with Crippen molar-refractivity contribution in [1.29, 1.82) is 0 Å². The van der Waals surface area contributed by atoms with E-state index in [2.05, 4.69) is 35.9 Å². The average molecular weight is 336 g/mol. The van der Waals surface area contributed by atoms with E-state index in [1.165, 1.54) is 29.7 Å². The summed E-state index contributed by atoms with van der Waals surface area (Å²) in [6.45, 7) is 8.48. The Balaban J connectivity index is 1.86. The van der Waals surface area contributed by atoms with E-state index in [4.69, 9.17) is 5.11 Å². The van der Waals surface area contributed by atoms with Gasteiger partial charge in [0.25, 0.3) is 0 Å². The van der Waals surface area contributed by atoms with Crippen LogP contribution in [0.5, 0.6) is 0 Å². The number of anilines is 1. The lowest BCUT2D eigenvalue weighted by Crippen LogP contribution is -2.19. The highest BCUT2D eigenvalue weighted by atomic mass is 16.4. The van der Waals surface area contributed by atoms with Gasteiger partial charge >= 0.3 is 5.97 Å². The fraction of sp³-hybridized carbons (Fsp3) is 0.333. The van der Waals surface area contributed by atoms with Gasteiger partial charge in [-0.15, -0.1) is 0 Å². The Morgan fingerprint density at radius 1 is 1.08 bits per heavy atom. The second-order valence-corrected chi connectivity index (χ2v) is 6.68. The van der Waals surface area contributed by atoms with Gasteiger partial charge in [-0.3, -0.25) is 4.99 Å². The quantitative estimate of drug-likeness (QED) is 0.826. The van der Waals surface area contributed by atoms with Crippen LogP contribution in [0.25, 0.3) is 0 Å². The maximum atomic E-state index is 11.0. The van der Waals surface area contributed by atoms with Crippen molar-refractivity contribution in [3.63, 3.8) is 0 Å². The lowest BCUT2D eigenvalue weighted by molar-refractivity contribution is 0.0697. The summed E-state index contributed by atoms with van der Waals surface area (Å²) in [5.74, 6) is -0.914. The van der Waals surface area contributed by atoms with Crippen LogP contribution in [0.2, 0.25) is 0 Å². The molecule has 130 valence electrons. The van der Waals surface area contributed by atoms with Crippen molar-refractivity contribution in [3.05, 3.63) is 58.1 Å². The summed E-state index contributed by atoms with van der Waals surface area (Å²) in [5, 5.41) is 9.05. The zero-order chi connectivity index (χ0) is 18.0. The van der Waals surface area contributed by atoms with E-state index in [0.717, 1.165) is 29.9 Å². The van der Waals surface area contributed by atoms with Crippen LogP contribution in [0, 0.1) is 20.8 Å². The zero-order valence-electron chi connectivity index (χ0n) is 15.0. The van der Waals surface area contributed by atoms with Gasteiger partial charge in [0.2, 0.25) is 0 Å². The first-order valence-electron chi connectivity index (χ1n) is 8.70. The van der Waals surface area contributed by atoms with E-state index >= 15 is 0 Å². The Morgan fingerprint density at radius 2 is 1.80 bits per heavy atom. The topological polar surface area (TPSA) is 52.9 Å². The lowest BCUT2D eigenvalue weighted by Gasteiger charge is -2.22. The molecule has 0 bridgehead atoms. The molecule has 4 heteroatoms. The maximum Gasteiger partial charge on any atom is 0.335 e. The van der Waals surface area contributed by atoms with E-state index in [1.807, 2.05) is 13.1 Å². The van der Waals surface area contributed by atoms with Crippen LogP contribution in [-0.4, -0.2) is 30.4 Å². The highest BCUT2D eigenvalue weighted by molar-refractivity contribution is 5.89. The molecule has 2 aromatic rings. The molecular formula is C21H24N2O2. The highest BCUT2D eigenvalue weighted by Crippen LogP contribution is 2.28. The molecule has 3 rings (SSSR count). The molecule has 1 aliphatic rings. The minimum atomic E-state index is -0.914. The molecule has 2 aromatic carbocycles. The molecule has 1 saturated heterocycles. The van der Waals surface area contributed by atoms with Crippen LogP contribution in [0.3, 0.4) is 0 Å². The fourth-order valence-corrected chi connectivity index (χ4v) is 3.34. The molecule has 0 atom stereocenters. The number of carboxylic acid groups (broad SMARTS) is 1. The number of aryl methyl sites for hydroxylation is 1. The monoisotopic (exact) mass is 336 g/mol. The molecule has 1 aliphatic heterocycles. The smallest absolute Gasteiger partial charge is 0.335 e. The van der Waals surface area contributed by atoms with Gasteiger partial charge in [0.15, 0.2) is 0 Å². The van der Waals surface area contributed by atoms with Gasteiger partial charge in [0.1, 0.15) is 0 Å². The number of benzene rings is 2. The number of aromatic carboxylic acids is 1. The number of aliphatic imine (C=N–C) groups is 1. The van der Waals surface area contributed by atoms with Crippen molar-refractivity contribution >= 4 is 23.6 Å². The van der Waals surface area contributed by atoms with Gasteiger partial charge in [0.05, 0.1) is 11.3 Å². The predicted molar refractivity (Wildman–Crippen MR) is 103 cm³/mol. The summed E-state index contributed by atoms with van der Waals surface area (Å²) in [6, 6.07) is 9.33. The molecule has 25 heavy (non-hydrogen) atoms. The molecule has 1 N–H and O–H groups in total. The summed E-state index contributed by atoms with van der Waals surface area (Å²) in [6.07, 6.45) is 4.42. The van der Waals surface area contributed by atoms with Gasteiger partial charge in [0, 0.05) is 25.0 Å². The fourth-order valence-electron chi connectivity index (χ4n) is 3.34. The van der Waals surface area contributed by atoms with Gasteiger partial charge in [-0.05, 0) is 80.1 Å². The number of carboxylic acids is 1. The standard InChI is InChI=1S/C21H24N2O2/c1-14-12-17(21(24)25)6-8-19(14)22-13-18-7-9-20(16(3)15(18)2)23-10-4-5-11-23/h6-9,12-13H,4-5,10-11H2,1-3H3,(H,24,25). The number of hydrogen-bond acceptors (Lipinski definition) is 3. The SMILES string of the molecule is Cc1cc(C(=O)O)ccc1N=Cc1ccc(N2CCCC2)c(C)c1C. The Kier molecular flexibility index (Phi) is 4.88. The Labute approximate surface area is 148 Å². The van der Waals surface area contributed by atoms with E-state index in [0.29, 0.717) is 5.56 Å². The first-order valence-corrected chi connectivity index (χ1v) is 8.70. The zero-order valence-corrected chi connectivity index (χ0v) is 15.0. The van der Waals surface area contributed by atoms with Gasteiger partial charge in [-0.2, -0.15) is 0 Å². The minimum Gasteiger partial charge on any atom is -0.478 e. The van der Waals surface area contributed by atoms with Crippen molar-refractivity contribution in [2.75, 3.05) is 18.0 Å². The number of rotatable bonds is 4. The van der Waals surface area contributed by atoms with Gasteiger partial charge in [-0.1, -0.05) is 6.07 Å². The van der Waals surface area contributed by atoms with E-state index in [1.54, 1.807) is 18.2 Å². The minimum absolute atomic E-state index is 0.290. The Hall–Kier alpha value is -2.62. The molecule has 0 amide bonds. The second-order valence-electron chi connectivity index (χ2n) is 6.68. The molecule has 4 nitrogen and oxygen atoms in total. The Bertz CT molecular complexity index is 834. The van der Waals surface area contributed by atoms with Crippen molar-refractivity contribution < 1.29 is 9.90 Å². The number of nitrogens with zero attached hydrogens (tertiary/aromatic N) is 2. The van der Waals surface area contributed by atoms with E-state index in [-0.39, 0.29) is 0 Å². The van der Waals surface area contributed by atoms with Crippen LogP contribution < -0.4 is 4.90 Å². The van der Waals surface area contributed by atoms with Crippen LogP contribution in [0.1, 0.15) is 45.5 Å². The summed E-state index contributed by atoms with van der Waals surface area (Å²) < 4.78 is 0. The largest absolute Gasteiger partial charge is 0.478 e. The third-order valence-corrected chi connectivity index (χ3v) is 5.03. The van der Waals surface area contributed by atoms with Crippen molar-refractivity contribution in [2.24, 2.45) is 4.99 Å². The molecular weight excluding hydrogens is 312 g/mol. The predicted octanol–water partition coefficient (Wildman–Crippen LogP) is 4.66. The third kappa shape index (κ3) is 3.58. The molecule has 1 heterocycles. The summed E-state index contributed by atoms with van der Waals surface area (Å²) >= 11 is 0. The normalized spacial score (nSPS) is 14.4. The second kappa shape index (κ2) is 7.09. The lowest BCUT2D eigenvalue weighted by atomic mass is 10.0. The molecule has 0 spiro atoms. The van der Waals surface area contributed by atoms with Crippen LogP contribution >= 0.6 is 0 Å². The van der Waals surface area contributed by atoms with E-state index in [9.17, 15) is 4.79 Å². The summed E-state index contributed by atoms with van der Waals surface area (Å²) in [7, 11) is 0. The van der Waals surface area contributed by atoms with Crippen molar-refractivity contribution in [2.45, 2.75) is 33.6 Å². The molecule has 0 aromatic heterocycles. The molecule has 0 aliphatic carbocycles. The van der Waals surface area contributed by atoms with Gasteiger partial charge < -0.3 is 10.0 Å². The van der Waals surface area contributed by atoms with Crippen molar-refractivity contribution in [1.82, 2.24) is 0 Å². The van der Waals surface area contributed by atoms with Crippen LogP contribution in [0.15, 0.2) is 35.3 Å². The summed E-state index contributed by atoms with van der Waals surface area (Å²) in [5.41, 5.74) is 6.93. The number of carbonyl (C=O) groups is 1. The highest BCUT2D eigenvalue weighted by Gasteiger charge is 2.16. The molecule has 0 saturated carbocycles. The first kappa shape index (κ1) is 17.2. The third-order valence-electron chi connectivity index (χ3n) is 5.03. The molecule has 0 unspecified atom stereocenters. The molecule has 1 fully saturated rings. The Morgan fingerprint density at radius 3 is 2.44 bits per heavy atom. The first-order chi connectivity index (χ1) is 12.0. The van der Waals surface area contributed by atoms with Crippen molar-refractivity contribution in [3.8, 4) is 0 Å². The number of hydrogen-bond donors (Lipinski definition) is 1. The molecule has 0 radical (unpaired) electrons. The van der Waals surface area contributed by atoms with E-state index < -0.39 is 5.97 Å². The van der Waals surface area contributed by atoms with Gasteiger partial charge in [-0.25, -0.2) is 4.79 Å². The average Bonchev–Trinajstić information content (AvgIpc) is 3.11. The van der Waals surface area contributed by atoms with Crippen LogP contribution in [-0.2, 0) is 0 Å².